The molecule has 0 saturated heterocycles. The molecular formula is C19H32. The lowest BCUT2D eigenvalue weighted by atomic mass is 9.87. The third-order valence-electron chi connectivity index (χ3n) is 3.44. The molecular weight excluding hydrogens is 228 g/mol. The van der Waals surface area contributed by atoms with Crippen molar-refractivity contribution in [2.75, 3.05) is 0 Å². The third kappa shape index (κ3) is 11.8. The van der Waals surface area contributed by atoms with E-state index in [2.05, 4.69) is 47.1 Å². The van der Waals surface area contributed by atoms with Crippen LogP contribution in [0.2, 0.25) is 0 Å². The molecule has 0 bridgehead atoms. The van der Waals surface area contributed by atoms with E-state index >= 15 is 0 Å². The topological polar surface area (TPSA) is 0 Å². The van der Waals surface area contributed by atoms with Gasteiger partial charge in [-0.05, 0) is 71.6 Å². The summed E-state index contributed by atoms with van der Waals surface area (Å²) in [5.74, 6) is 0.728. The summed E-state index contributed by atoms with van der Waals surface area (Å²) in [5.41, 5.74) is 5.19. The van der Waals surface area contributed by atoms with E-state index in [1.165, 1.54) is 35.1 Å². The Morgan fingerprint density at radius 3 is 1.47 bits per heavy atom. The van der Waals surface area contributed by atoms with E-state index in [-0.39, 0.29) is 0 Å². The molecule has 0 N–H and O–H groups in total. The molecule has 0 atom stereocenters. The molecule has 0 rings (SSSR count). The van der Waals surface area contributed by atoms with Crippen LogP contribution in [-0.2, 0) is 0 Å². The first-order valence-electron chi connectivity index (χ1n) is 7.41. The van der Waals surface area contributed by atoms with Crippen molar-refractivity contribution >= 4 is 0 Å². The average molecular weight is 260 g/mol. The molecule has 0 unspecified atom stereocenters. The predicted molar refractivity (Wildman–Crippen MR) is 89.4 cm³/mol. The van der Waals surface area contributed by atoms with Crippen LogP contribution < -0.4 is 0 Å². The monoisotopic (exact) mass is 260 g/mol. The largest absolute Gasteiger partial charge is 0.100 e. The smallest absolute Gasteiger partial charge is 0.0286 e. The molecule has 0 fully saturated rings. The molecule has 0 aromatic rings. The van der Waals surface area contributed by atoms with E-state index < -0.39 is 0 Å². The lowest BCUT2D eigenvalue weighted by Crippen LogP contribution is -2.03. The minimum absolute atomic E-state index is 0.728. The average Bonchev–Trinajstić information content (AvgIpc) is 2.29. The van der Waals surface area contributed by atoms with Crippen LogP contribution in [0.4, 0.5) is 0 Å². The molecule has 0 amide bonds. The zero-order valence-corrected chi connectivity index (χ0v) is 13.4. The van der Waals surface area contributed by atoms with E-state index in [1.807, 2.05) is 0 Å². The molecule has 0 heteroatoms. The van der Waals surface area contributed by atoms with Gasteiger partial charge in [0.05, 0.1) is 0 Å². The molecule has 0 aromatic carbocycles. The summed E-state index contributed by atoms with van der Waals surface area (Å²) in [6, 6.07) is 0. The van der Waals surface area contributed by atoms with Gasteiger partial charge in [-0.25, -0.2) is 0 Å². The molecule has 0 heterocycles. The summed E-state index contributed by atoms with van der Waals surface area (Å²) in [4.78, 5) is 0. The Morgan fingerprint density at radius 1 is 0.684 bits per heavy atom. The molecule has 108 valence electrons. The minimum atomic E-state index is 0.728. The maximum Gasteiger partial charge on any atom is -0.0286 e. The van der Waals surface area contributed by atoms with Gasteiger partial charge in [0.25, 0.3) is 0 Å². The van der Waals surface area contributed by atoms with Crippen LogP contribution in [-0.4, -0.2) is 0 Å². The fraction of sp³-hybridized carbons (Fsp3) is 0.579. The predicted octanol–water partition coefficient (Wildman–Crippen LogP) is 6.62. The zero-order valence-electron chi connectivity index (χ0n) is 13.4. The number of allylic oxidation sites excluding steroid dienone is 4. The Morgan fingerprint density at radius 2 is 1.11 bits per heavy atom. The number of hydrogen-bond donors (Lipinski definition) is 0. The van der Waals surface area contributed by atoms with Gasteiger partial charge in [-0.2, -0.15) is 0 Å². The standard InChI is InChI=1S/C19H32/c1-15(2)8-11-18(7)14-19(12-9-16(3)4)13-10-17(5)6/h19H,1,3,5,7-14H2,2,4,6H3. The van der Waals surface area contributed by atoms with Gasteiger partial charge < -0.3 is 0 Å². The highest BCUT2D eigenvalue weighted by molar-refractivity contribution is 5.02. The van der Waals surface area contributed by atoms with Crippen molar-refractivity contribution in [3.8, 4) is 0 Å². The van der Waals surface area contributed by atoms with Gasteiger partial charge in [-0.3, -0.25) is 0 Å². The normalized spacial score (nSPS) is 10.5. The van der Waals surface area contributed by atoms with Crippen molar-refractivity contribution in [3.63, 3.8) is 0 Å². The van der Waals surface area contributed by atoms with Crippen molar-refractivity contribution in [1.82, 2.24) is 0 Å². The summed E-state index contributed by atoms with van der Waals surface area (Å²) in [6.45, 7) is 22.5. The highest BCUT2D eigenvalue weighted by Gasteiger charge is 2.10. The Balaban J connectivity index is 4.22. The van der Waals surface area contributed by atoms with E-state index in [9.17, 15) is 0 Å². The Kier molecular flexibility index (Phi) is 9.30. The fourth-order valence-corrected chi connectivity index (χ4v) is 2.15. The van der Waals surface area contributed by atoms with E-state index in [4.69, 9.17) is 0 Å². The Hall–Kier alpha value is -1.04. The maximum absolute atomic E-state index is 4.23. The van der Waals surface area contributed by atoms with Crippen molar-refractivity contribution < 1.29 is 0 Å². The molecule has 0 saturated carbocycles. The molecule has 19 heavy (non-hydrogen) atoms. The highest BCUT2D eigenvalue weighted by atomic mass is 14.2. The molecule has 0 spiro atoms. The quantitative estimate of drug-likeness (QED) is 0.366. The summed E-state index contributed by atoms with van der Waals surface area (Å²) in [6.07, 6.45) is 8.04. The van der Waals surface area contributed by atoms with Crippen LogP contribution in [0.25, 0.3) is 0 Å². The zero-order chi connectivity index (χ0) is 14.8. The summed E-state index contributed by atoms with van der Waals surface area (Å²) in [5, 5.41) is 0. The first-order chi connectivity index (χ1) is 8.81. The third-order valence-corrected chi connectivity index (χ3v) is 3.44. The lowest BCUT2D eigenvalue weighted by Gasteiger charge is -2.18. The molecule has 0 aromatic heterocycles. The Labute approximate surface area is 121 Å². The van der Waals surface area contributed by atoms with Crippen LogP contribution >= 0.6 is 0 Å². The van der Waals surface area contributed by atoms with E-state index in [0.29, 0.717) is 0 Å². The van der Waals surface area contributed by atoms with Crippen molar-refractivity contribution in [1.29, 1.82) is 0 Å². The highest BCUT2D eigenvalue weighted by Crippen LogP contribution is 2.26. The summed E-state index contributed by atoms with van der Waals surface area (Å²) < 4.78 is 0. The summed E-state index contributed by atoms with van der Waals surface area (Å²) in [7, 11) is 0. The van der Waals surface area contributed by atoms with Gasteiger partial charge in [-0.15, -0.1) is 19.7 Å². The van der Waals surface area contributed by atoms with Crippen LogP contribution in [0.1, 0.15) is 65.7 Å². The van der Waals surface area contributed by atoms with Gasteiger partial charge in [-0.1, -0.05) is 28.9 Å². The SMILES string of the molecule is C=C(C)CCC(=C)CC(CCC(=C)C)CCC(=C)C. The van der Waals surface area contributed by atoms with Gasteiger partial charge in [0.2, 0.25) is 0 Å². The second kappa shape index (κ2) is 9.83. The van der Waals surface area contributed by atoms with Crippen LogP contribution in [0.15, 0.2) is 48.6 Å². The first kappa shape index (κ1) is 18.0. The van der Waals surface area contributed by atoms with Crippen molar-refractivity contribution in [2.24, 2.45) is 5.92 Å². The Bertz CT molecular complexity index is 312. The van der Waals surface area contributed by atoms with Gasteiger partial charge >= 0.3 is 0 Å². The maximum atomic E-state index is 4.23. The molecule has 0 nitrogen and oxygen atoms in total. The van der Waals surface area contributed by atoms with Gasteiger partial charge in [0.15, 0.2) is 0 Å². The summed E-state index contributed by atoms with van der Waals surface area (Å²) >= 11 is 0. The number of rotatable bonds is 11. The van der Waals surface area contributed by atoms with Crippen molar-refractivity contribution in [2.45, 2.75) is 65.7 Å². The van der Waals surface area contributed by atoms with E-state index in [1.54, 1.807) is 0 Å². The first-order valence-corrected chi connectivity index (χ1v) is 7.41. The number of hydrogen-bond acceptors (Lipinski definition) is 0. The van der Waals surface area contributed by atoms with E-state index in [0.717, 1.165) is 38.0 Å². The lowest BCUT2D eigenvalue weighted by molar-refractivity contribution is 0.441. The minimum Gasteiger partial charge on any atom is -0.100 e. The van der Waals surface area contributed by atoms with Gasteiger partial charge in [0, 0.05) is 0 Å². The molecule has 0 aliphatic carbocycles. The van der Waals surface area contributed by atoms with Crippen LogP contribution in [0.3, 0.4) is 0 Å². The van der Waals surface area contributed by atoms with Crippen LogP contribution in [0, 0.1) is 5.92 Å². The second-order valence-electron chi connectivity index (χ2n) is 6.27. The van der Waals surface area contributed by atoms with Crippen LogP contribution in [0.5, 0.6) is 0 Å². The molecule has 0 radical (unpaired) electrons. The molecule has 0 aliphatic rings. The van der Waals surface area contributed by atoms with Crippen molar-refractivity contribution in [3.05, 3.63) is 48.6 Å². The van der Waals surface area contributed by atoms with Gasteiger partial charge in [0.1, 0.15) is 0 Å². The fourth-order valence-electron chi connectivity index (χ4n) is 2.15. The molecule has 0 aliphatic heterocycles. The second-order valence-corrected chi connectivity index (χ2v) is 6.27.